The Kier molecular flexibility index (Phi) is 3.68. The third-order valence-corrected chi connectivity index (χ3v) is 3.54. The molecule has 4 heteroatoms. The van der Waals surface area contributed by atoms with Gasteiger partial charge in [-0.3, -0.25) is 4.79 Å². The van der Waals surface area contributed by atoms with Crippen molar-refractivity contribution in [1.82, 2.24) is 0 Å². The van der Waals surface area contributed by atoms with Gasteiger partial charge in [-0.1, -0.05) is 12.1 Å². The molecular weight excluding hydrogens is 228 g/mol. The number of hydrogen-bond donors (Lipinski definition) is 1. The van der Waals surface area contributed by atoms with Gasteiger partial charge in [-0.05, 0) is 31.0 Å². The van der Waals surface area contributed by atoms with Gasteiger partial charge in [-0.2, -0.15) is 0 Å². The molecule has 1 heterocycles. The average molecular weight is 248 g/mol. The van der Waals surface area contributed by atoms with Gasteiger partial charge in [0, 0.05) is 19.3 Å². The van der Waals surface area contributed by atoms with Gasteiger partial charge in [-0.25, -0.2) is 0 Å². The van der Waals surface area contributed by atoms with E-state index in [2.05, 4.69) is 0 Å². The molecule has 0 aromatic heterocycles. The summed E-state index contributed by atoms with van der Waals surface area (Å²) in [6.07, 6.45) is 0. The van der Waals surface area contributed by atoms with Crippen molar-refractivity contribution in [2.24, 2.45) is 5.73 Å². The first-order chi connectivity index (χ1) is 8.60. The topological polar surface area (TPSA) is 55.6 Å². The lowest BCUT2D eigenvalue weighted by Gasteiger charge is -2.16. The number of rotatable bonds is 4. The molecular formula is C14H20N2O2. The van der Waals surface area contributed by atoms with Crippen LogP contribution in [0.3, 0.4) is 0 Å². The molecule has 2 rings (SSSR count). The molecule has 1 aromatic rings. The number of carbonyl (C=O) groups excluding carboxylic acids is 1. The minimum Gasteiger partial charge on any atom is -0.383 e. The third kappa shape index (κ3) is 2.02. The summed E-state index contributed by atoms with van der Waals surface area (Å²) in [4.78, 5) is 13.9. The molecule has 18 heavy (non-hydrogen) atoms. The van der Waals surface area contributed by atoms with E-state index in [1.807, 2.05) is 36.9 Å². The number of nitrogens with two attached hydrogens (primary N) is 1. The fourth-order valence-corrected chi connectivity index (χ4v) is 2.48. The van der Waals surface area contributed by atoms with E-state index in [0.717, 1.165) is 16.8 Å². The van der Waals surface area contributed by atoms with Crippen LogP contribution in [0.25, 0.3) is 0 Å². The molecule has 1 amide bonds. The van der Waals surface area contributed by atoms with Crippen molar-refractivity contribution in [3.05, 3.63) is 29.3 Å². The van der Waals surface area contributed by atoms with E-state index >= 15 is 0 Å². The Bertz CT molecular complexity index is 459. The standard InChI is InChI=1S/C14H20N2O2/c1-4-16-13-6-5-10(12(15)8-18-3)7-11(13)9(2)14(16)17/h5-7,9,12H,4,8,15H2,1-3H3. The highest BCUT2D eigenvalue weighted by Crippen LogP contribution is 2.38. The maximum Gasteiger partial charge on any atom is 0.234 e. The van der Waals surface area contributed by atoms with Crippen LogP contribution in [0.15, 0.2) is 18.2 Å². The first kappa shape index (κ1) is 13.1. The van der Waals surface area contributed by atoms with Crippen molar-refractivity contribution in [3.8, 4) is 0 Å². The van der Waals surface area contributed by atoms with E-state index in [-0.39, 0.29) is 17.9 Å². The van der Waals surface area contributed by atoms with Crippen LogP contribution in [0.4, 0.5) is 5.69 Å². The number of nitrogens with zero attached hydrogens (tertiary/aromatic N) is 1. The van der Waals surface area contributed by atoms with Crippen LogP contribution < -0.4 is 10.6 Å². The van der Waals surface area contributed by atoms with Crippen molar-refractivity contribution in [3.63, 3.8) is 0 Å². The van der Waals surface area contributed by atoms with Crippen molar-refractivity contribution >= 4 is 11.6 Å². The monoisotopic (exact) mass is 248 g/mol. The number of carbonyl (C=O) groups is 1. The van der Waals surface area contributed by atoms with Gasteiger partial charge in [0.05, 0.1) is 18.6 Å². The highest BCUT2D eigenvalue weighted by molar-refractivity contribution is 6.04. The molecule has 4 nitrogen and oxygen atoms in total. The van der Waals surface area contributed by atoms with Gasteiger partial charge >= 0.3 is 0 Å². The van der Waals surface area contributed by atoms with E-state index in [1.54, 1.807) is 7.11 Å². The van der Waals surface area contributed by atoms with Crippen LogP contribution in [0.5, 0.6) is 0 Å². The molecule has 0 aliphatic carbocycles. The summed E-state index contributed by atoms with van der Waals surface area (Å²) in [6.45, 7) is 5.13. The smallest absolute Gasteiger partial charge is 0.234 e. The zero-order valence-corrected chi connectivity index (χ0v) is 11.1. The lowest BCUT2D eigenvalue weighted by atomic mass is 9.98. The zero-order valence-electron chi connectivity index (χ0n) is 11.1. The summed E-state index contributed by atoms with van der Waals surface area (Å²) in [5.41, 5.74) is 9.14. The van der Waals surface area contributed by atoms with Gasteiger partial charge in [0.25, 0.3) is 0 Å². The first-order valence-corrected chi connectivity index (χ1v) is 6.29. The summed E-state index contributed by atoms with van der Waals surface area (Å²) >= 11 is 0. The molecule has 98 valence electrons. The summed E-state index contributed by atoms with van der Waals surface area (Å²) in [5, 5.41) is 0. The Morgan fingerprint density at radius 2 is 2.22 bits per heavy atom. The second-order valence-electron chi connectivity index (χ2n) is 4.68. The van der Waals surface area contributed by atoms with Crippen LogP contribution in [0, 0.1) is 0 Å². The first-order valence-electron chi connectivity index (χ1n) is 6.29. The molecule has 2 unspecified atom stereocenters. The second-order valence-corrected chi connectivity index (χ2v) is 4.68. The molecule has 1 aliphatic heterocycles. The molecule has 1 aromatic carbocycles. The number of benzene rings is 1. The largest absolute Gasteiger partial charge is 0.383 e. The Hall–Kier alpha value is -1.39. The van der Waals surface area contributed by atoms with Crippen molar-refractivity contribution < 1.29 is 9.53 Å². The van der Waals surface area contributed by atoms with Crippen LogP contribution >= 0.6 is 0 Å². The minimum absolute atomic E-state index is 0.0744. The lowest BCUT2D eigenvalue weighted by Crippen LogP contribution is -2.27. The summed E-state index contributed by atoms with van der Waals surface area (Å²) in [6, 6.07) is 5.87. The quantitative estimate of drug-likeness (QED) is 0.884. The summed E-state index contributed by atoms with van der Waals surface area (Å²) < 4.78 is 5.07. The van der Waals surface area contributed by atoms with E-state index in [0.29, 0.717) is 13.2 Å². The van der Waals surface area contributed by atoms with Crippen molar-refractivity contribution in [2.75, 3.05) is 25.2 Å². The maximum absolute atomic E-state index is 12.1. The summed E-state index contributed by atoms with van der Waals surface area (Å²) in [7, 11) is 1.64. The molecule has 2 N–H and O–H groups in total. The highest BCUT2D eigenvalue weighted by Gasteiger charge is 2.33. The Morgan fingerprint density at radius 1 is 1.50 bits per heavy atom. The van der Waals surface area contributed by atoms with Gasteiger partial charge in [-0.15, -0.1) is 0 Å². The number of ether oxygens (including phenoxy) is 1. The molecule has 0 radical (unpaired) electrons. The Balaban J connectivity index is 2.36. The van der Waals surface area contributed by atoms with E-state index in [1.165, 1.54) is 0 Å². The van der Waals surface area contributed by atoms with Crippen LogP contribution in [-0.2, 0) is 9.53 Å². The predicted molar refractivity (Wildman–Crippen MR) is 71.7 cm³/mol. The van der Waals surface area contributed by atoms with Crippen LogP contribution in [0.2, 0.25) is 0 Å². The predicted octanol–water partition coefficient (Wildman–Crippen LogP) is 1.80. The molecule has 0 spiro atoms. The lowest BCUT2D eigenvalue weighted by molar-refractivity contribution is -0.118. The van der Waals surface area contributed by atoms with Gasteiger partial charge < -0.3 is 15.4 Å². The number of hydrogen-bond acceptors (Lipinski definition) is 3. The molecule has 2 atom stereocenters. The molecule has 1 aliphatic rings. The van der Waals surface area contributed by atoms with E-state index < -0.39 is 0 Å². The van der Waals surface area contributed by atoms with Crippen LogP contribution in [0.1, 0.15) is 36.9 Å². The minimum atomic E-state index is -0.140. The second kappa shape index (κ2) is 5.08. The van der Waals surface area contributed by atoms with Gasteiger partial charge in [0.2, 0.25) is 5.91 Å². The van der Waals surface area contributed by atoms with E-state index in [4.69, 9.17) is 10.5 Å². The maximum atomic E-state index is 12.1. The molecule has 0 bridgehead atoms. The van der Waals surface area contributed by atoms with Gasteiger partial charge in [0.15, 0.2) is 0 Å². The fraction of sp³-hybridized carbons (Fsp3) is 0.500. The normalized spacial score (nSPS) is 20.1. The van der Waals surface area contributed by atoms with Crippen LogP contribution in [-0.4, -0.2) is 26.2 Å². The Labute approximate surface area is 108 Å². The van der Waals surface area contributed by atoms with Gasteiger partial charge in [0.1, 0.15) is 0 Å². The fourth-order valence-electron chi connectivity index (χ4n) is 2.48. The SMILES string of the molecule is CCN1C(=O)C(C)c2cc(C(N)COC)ccc21. The highest BCUT2D eigenvalue weighted by atomic mass is 16.5. The van der Waals surface area contributed by atoms with E-state index in [9.17, 15) is 4.79 Å². The number of anilines is 1. The number of likely N-dealkylation sites (N-methyl/N-ethyl adjacent to an activating group) is 1. The number of amides is 1. The Morgan fingerprint density at radius 3 is 2.83 bits per heavy atom. The zero-order chi connectivity index (χ0) is 13.3. The summed E-state index contributed by atoms with van der Waals surface area (Å²) in [5.74, 6) is 0.0969. The van der Waals surface area contributed by atoms with Crippen molar-refractivity contribution in [1.29, 1.82) is 0 Å². The third-order valence-electron chi connectivity index (χ3n) is 3.54. The molecule has 0 saturated carbocycles. The number of methoxy groups -OCH3 is 1. The number of fused-ring (bicyclic) bond motifs is 1. The van der Waals surface area contributed by atoms with Crippen molar-refractivity contribution in [2.45, 2.75) is 25.8 Å². The average Bonchev–Trinajstić information content (AvgIpc) is 2.62. The molecule has 0 fully saturated rings. The molecule has 0 saturated heterocycles.